The molecule has 7 nitrogen and oxygen atoms in total. The number of pyridine rings is 2. The van der Waals surface area contributed by atoms with E-state index >= 15 is 0 Å². The topological polar surface area (TPSA) is 67.2 Å². The van der Waals surface area contributed by atoms with Gasteiger partial charge in [0.15, 0.2) is 5.65 Å². The smallest absolute Gasteiger partial charge is 0.337 e. The molecule has 1 aliphatic rings. The van der Waals surface area contributed by atoms with Crippen LogP contribution in [-0.4, -0.2) is 74.4 Å². The Bertz CT molecular complexity index is 1340. The van der Waals surface area contributed by atoms with Gasteiger partial charge in [-0.05, 0) is 30.2 Å². The third-order valence-corrected chi connectivity index (χ3v) is 6.27. The number of hydrogen-bond donors (Lipinski definition) is 0. The van der Waals surface area contributed by atoms with E-state index in [0.29, 0.717) is 48.3 Å². The molecule has 1 fully saturated rings. The number of carbonyl (C=O) groups is 1. The number of nitrogens with zero attached hydrogens (tertiary/aromatic N) is 6. The van der Waals surface area contributed by atoms with Crippen molar-refractivity contribution in [1.82, 2.24) is 29.5 Å². The molecule has 0 aliphatic carbocycles. The minimum atomic E-state index is -4.26. The predicted octanol–water partition coefficient (Wildman–Crippen LogP) is 4.25. The first-order valence-electron chi connectivity index (χ1n) is 11.8. The molecule has 5 rings (SSSR count). The summed E-state index contributed by atoms with van der Waals surface area (Å²) in [5.74, 6) is -0.225. The molecule has 3 aromatic heterocycles. The van der Waals surface area contributed by atoms with E-state index in [0.717, 1.165) is 11.1 Å². The van der Waals surface area contributed by atoms with E-state index in [1.54, 1.807) is 34.2 Å². The van der Waals surface area contributed by atoms with Crippen LogP contribution in [0.3, 0.4) is 0 Å². The Labute approximate surface area is 206 Å². The minimum Gasteiger partial charge on any atom is -0.337 e. The highest BCUT2D eigenvalue weighted by molar-refractivity contribution is 6.06. The molecule has 36 heavy (non-hydrogen) atoms. The fraction of sp³-hybridized carbons (Fsp3) is 0.308. The van der Waals surface area contributed by atoms with E-state index in [2.05, 4.69) is 10.1 Å². The van der Waals surface area contributed by atoms with Gasteiger partial charge < -0.3 is 4.90 Å². The normalized spacial score (nSPS) is 15.2. The van der Waals surface area contributed by atoms with Crippen molar-refractivity contribution in [3.05, 3.63) is 78.2 Å². The molecular weight excluding hydrogens is 469 g/mol. The number of alkyl halides is 3. The van der Waals surface area contributed by atoms with Crippen molar-refractivity contribution in [2.24, 2.45) is 0 Å². The van der Waals surface area contributed by atoms with E-state index in [1.807, 2.05) is 42.5 Å². The fourth-order valence-electron chi connectivity index (χ4n) is 4.51. The van der Waals surface area contributed by atoms with Crippen molar-refractivity contribution in [3.63, 3.8) is 0 Å². The molecule has 0 unspecified atom stereocenters. The number of aromatic nitrogens is 4. The Morgan fingerprint density at radius 1 is 0.972 bits per heavy atom. The van der Waals surface area contributed by atoms with E-state index in [-0.39, 0.29) is 19.0 Å². The lowest BCUT2D eigenvalue weighted by Crippen LogP contribution is -2.38. The molecule has 0 atom stereocenters. The molecule has 186 valence electrons. The third-order valence-electron chi connectivity index (χ3n) is 6.27. The molecule has 0 bridgehead atoms. The Kier molecular flexibility index (Phi) is 6.69. The minimum absolute atomic E-state index is 0.173. The summed E-state index contributed by atoms with van der Waals surface area (Å²) in [6.45, 7) is 0.587. The van der Waals surface area contributed by atoms with Gasteiger partial charge >= 0.3 is 6.18 Å². The van der Waals surface area contributed by atoms with Crippen molar-refractivity contribution in [2.75, 3.05) is 32.7 Å². The third kappa shape index (κ3) is 5.38. The molecule has 4 aromatic rings. The maximum absolute atomic E-state index is 13.7. The number of halogens is 3. The van der Waals surface area contributed by atoms with E-state index in [9.17, 15) is 18.0 Å². The van der Waals surface area contributed by atoms with Crippen molar-refractivity contribution >= 4 is 16.9 Å². The Hall–Kier alpha value is -3.79. The molecule has 4 heterocycles. The summed E-state index contributed by atoms with van der Waals surface area (Å²) in [6.07, 6.45) is 1.27. The molecule has 0 spiro atoms. The maximum atomic E-state index is 13.7. The molecule has 1 amide bonds. The molecule has 0 saturated carbocycles. The van der Waals surface area contributed by atoms with Gasteiger partial charge in [0.2, 0.25) is 0 Å². The molecular formula is C26H25F3N6O. The zero-order chi connectivity index (χ0) is 25.1. The van der Waals surface area contributed by atoms with Crippen LogP contribution in [0, 0.1) is 0 Å². The van der Waals surface area contributed by atoms with Gasteiger partial charge in [-0.15, -0.1) is 0 Å². The first kappa shape index (κ1) is 23.9. The molecule has 1 aliphatic heterocycles. The molecule has 0 N–H and O–H groups in total. The Morgan fingerprint density at radius 2 is 1.75 bits per heavy atom. The quantitative estimate of drug-likeness (QED) is 0.415. The van der Waals surface area contributed by atoms with Gasteiger partial charge in [0, 0.05) is 44.1 Å². The van der Waals surface area contributed by atoms with Crippen LogP contribution in [-0.2, 0) is 6.54 Å². The van der Waals surface area contributed by atoms with Crippen molar-refractivity contribution in [3.8, 4) is 11.3 Å². The summed E-state index contributed by atoms with van der Waals surface area (Å²) in [7, 11) is 0. The fourth-order valence-corrected chi connectivity index (χ4v) is 4.51. The number of carbonyl (C=O) groups excluding carboxylic acids is 1. The largest absolute Gasteiger partial charge is 0.401 e. The number of rotatable bonds is 5. The van der Waals surface area contributed by atoms with Gasteiger partial charge in [-0.25, -0.2) is 9.67 Å². The summed E-state index contributed by atoms with van der Waals surface area (Å²) in [5.41, 5.74) is 3.51. The van der Waals surface area contributed by atoms with Crippen LogP contribution in [0.5, 0.6) is 0 Å². The van der Waals surface area contributed by atoms with Crippen LogP contribution in [0.2, 0.25) is 0 Å². The van der Waals surface area contributed by atoms with Crippen LogP contribution in [0.15, 0.2) is 67.1 Å². The van der Waals surface area contributed by atoms with Gasteiger partial charge in [-0.2, -0.15) is 18.3 Å². The molecule has 1 saturated heterocycles. The standard InChI is InChI=1S/C26H25F3N6O/c27-26(28,29)18-33-11-4-12-34(14-13-33)25(36)21-15-23(20-5-2-1-3-6-20)32-24-22(21)16-31-35(24)17-19-7-9-30-10-8-19/h1-3,5-10,15-16H,4,11-14,17-18H2. The second-order valence-electron chi connectivity index (χ2n) is 8.85. The summed E-state index contributed by atoms with van der Waals surface area (Å²) in [5, 5.41) is 5.13. The van der Waals surface area contributed by atoms with E-state index < -0.39 is 12.7 Å². The van der Waals surface area contributed by atoms with Crippen molar-refractivity contribution in [2.45, 2.75) is 19.1 Å². The number of hydrogen-bond acceptors (Lipinski definition) is 5. The SMILES string of the molecule is O=C(c1cc(-c2ccccc2)nc2c1cnn2Cc1ccncc1)N1CCCN(CC(F)(F)F)CC1. The summed E-state index contributed by atoms with van der Waals surface area (Å²) in [6, 6.07) is 15.1. The average molecular weight is 495 g/mol. The van der Waals surface area contributed by atoms with Gasteiger partial charge in [0.05, 0.1) is 35.9 Å². The monoisotopic (exact) mass is 494 g/mol. The Morgan fingerprint density at radius 3 is 2.50 bits per heavy atom. The number of amides is 1. The first-order valence-corrected chi connectivity index (χ1v) is 11.8. The highest BCUT2D eigenvalue weighted by Crippen LogP contribution is 2.27. The Balaban J connectivity index is 1.50. The molecule has 0 radical (unpaired) electrons. The lowest BCUT2D eigenvalue weighted by Gasteiger charge is -2.23. The summed E-state index contributed by atoms with van der Waals surface area (Å²) < 4.78 is 40.4. The van der Waals surface area contributed by atoms with Crippen molar-refractivity contribution in [1.29, 1.82) is 0 Å². The van der Waals surface area contributed by atoms with E-state index in [4.69, 9.17) is 4.98 Å². The first-order chi connectivity index (χ1) is 17.4. The lowest BCUT2D eigenvalue weighted by molar-refractivity contribution is -0.145. The molecule has 1 aromatic carbocycles. The second kappa shape index (κ2) is 10.1. The van der Waals surface area contributed by atoms with Crippen LogP contribution < -0.4 is 0 Å². The van der Waals surface area contributed by atoms with Crippen molar-refractivity contribution < 1.29 is 18.0 Å². The highest BCUT2D eigenvalue weighted by atomic mass is 19.4. The summed E-state index contributed by atoms with van der Waals surface area (Å²) >= 11 is 0. The second-order valence-corrected chi connectivity index (χ2v) is 8.85. The van der Waals surface area contributed by atoms with Crippen LogP contribution in [0.4, 0.5) is 13.2 Å². The average Bonchev–Trinajstić information content (AvgIpc) is 3.13. The van der Waals surface area contributed by atoms with Gasteiger partial charge in [0.25, 0.3) is 5.91 Å². The van der Waals surface area contributed by atoms with Gasteiger partial charge in [-0.3, -0.25) is 14.7 Å². The zero-order valence-corrected chi connectivity index (χ0v) is 19.5. The summed E-state index contributed by atoms with van der Waals surface area (Å²) in [4.78, 5) is 25.6. The predicted molar refractivity (Wildman–Crippen MR) is 129 cm³/mol. The van der Waals surface area contributed by atoms with Crippen LogP contribution in [0.25, 0.3) is 22.3 Å². The zero-order valence-electron chi connectivity index (χ0n) is 19.5. The van der Waals surface area contributed by atoms with Gasteiger partial charge in [-0.1, -0.05) is 30.3 Å². The number of benzene rings is 1. The molecule has 10 heteroatoms. The lowest BCUT2D eigenvalue weighted by atomic mass is 10.1. The highest BCUT2D eigenvalue weighted by Gasteiger charge is 2.32. The number of fused-ring (bicyclic) bond motifs is 1. The van der Waals surface area contributed by atoms with Gasteiger partial charge in [0.1, 0.15) is 0 Å². The van der Waals surface area contributed by atoms with Crippen LogP contribution in [0.1, 0.15) is 22.3 Å². The maximum Gasteiger partial charge on any atom is 0.401 e. The van der Waals surface area contributed by atoms with E-state index in [1.165, 1.54) is 4.90 Å². The van der Waals surface area contributed by atoms with Crippen LogP contribution >= 0.6 is 0 Å².